The summed E-state index contributed by atoms with van der Waals surface area (Å²) >= 11 is 0. The minimum Gasteiger partial charge on any atom is -0.360 e. The summed E-state index contributed by atoms with van der Waals surface area (Å²) in [5.41, 5.74) is 3.91. The number of rotatable bonds is 4. The van der Waals surface area contributed by atoms with Crippen molar-refractivity contribution < 1.29 is 4.79 Å². The molecule has 0 spiro atoms. The maximum absolute atomic E-state index is 12.2. The SMILES string of the molecule is Cc1ccc(NC(=O)/C(C#N)=C\Nc2ccc(C(C)(C)C)cc2)cc1. The number of nitrogens with zero attached hydrogens (tertiary/aromatic N) is 1. The fourth-order valence-electron chi connectivity index (χ4n) is 2.21. The van der Waals surface area contributed by atoms with E-state index in [0.717, 1.165) is 11.3 Å². The van der Waals surface area contributed by atoms with Crippen molar-refractivity contribution in [2.24, 2.45) is 0 Å². The maximum atomic E-state index is 12.2. The molecule has 0 atom stereocenters. The molecule has 0 aromatic heterocycles. The molecular formula is C21H23N3O. The van der Waals surface area contributed by atoms with E-state index in [-0.39, 0.29) is 11.0 Å². The molecule has 0 aliphatic rings. The molecule has 2 N–H and O–H groups in total. The smallest absolute Gasteiger partial charge is 0.267 e. The summed E-state index contributed by atoms with van der Waals surface area (Å²) in [5, 5.41) is 14.9. The highest BCUT2D eigenvalue weighted by Crippen LogP contribution is 2.23. The summed E-state index contributed by atoms with van der Waals surface area (Å²) in [6.45, 7) is 8.43. The topological polar surface area (TPSA) is 64.9 Å². The number of hydrogen-bond acceptors (Lipinski definition) is 3. The van der Waals surface area contributed by atoms with E-state index in [9.17, 15) is 10.1 Å². The first-order valence-electron chi connectivity index (χ1n) is 8.15. The molecule has 2 aromatic carbocycles. The Bertz CT molecular complexity index is 804. The third kappa shape index (κ3) is 5.22. The second-order valence-electron chi connectivity index (χ2n) is 6.96. The molecule has 0 unspecified atom stereocenters. The van der Waals surface area contributed by atoms with Crippen molar-refractivity contribution in [1.82, 2.24) is 0 Å². The van der Waals surface area contributed by atoms with Gasteiger partial charge in [0, 0.05) is 17.6 Å². The molecule has 2 rings (SSSR count). The van der Waals surface area contributed by atoms with E-state index < -0.39 is 5.91 Å². The van der Waals surface area contributed by atoms with Gasteiger partial charge in [0.05, 0.1) is 0 Å². The first-order valence-corrected chi connectivity index (χ1v) is 8.15. The lowest BCUT2D eigenvalue weighted by Crippen LogP contribution is -2.14. The minimum atomic E-state index is -0.440. The van der Waals surface area contributed by atoms with Gasteiger partial charge in [-0.3, -0.25) is 4.79 Å². The van der Waals surface area contributed by atoms with E-state index in [1.54, 1.807) is 12.1 Å². The molecule has 0 aliphatic heterocycles. The number of carbonyl (C=O) groups excluding carboxylic acids is 1. The zero-order valence-corrected chi connectivity index (χ0v) is 15.1. The Balaban J connectivity index is 2.05. The monoisotopic (exact) mass is 333 g/mol. The summed E-state index contributed by atoms with van der Waals surface area (Å²) in [5.74, 6) is -0.440. The third-order valence-electron chi connectivity index (χ3n) is 3.81. The van der Waals surface area contributed by atoms with Gasteiger partial charge in [-0.1, -0.05) is 50.6 Å². The maximum Gasteiger partial charge on any atom is 0.267 e. The van der Waals surface area contributed by atoms with Crippen LogP contribution in [0, 0.1) is 18.3 Å². The predicted octanol–water partition coefficient (Wildman–Crippen LogP) is 4.75. The van der Waals surface area contributed by atoms with Crippen molar-refractivity contribution in [3.8, 4) is 6.07 Å². The molecule has 128 valence electrons. The van der Waals surface area contributed by atoms with E-state index in [1.165, 1.54) is 11.8 Å². The van der Waals surface area contributed by atoms with Gasteiger partial charge < -0.3 is 10.6 Å². The zero-order chi connectivity index (χ0) is 18.4. The van der Waals surface area contributed by atoms with Crippen LogP contribution in [0.5, 0.6) is 0 Å². The van der Waals surface area contributed by atoms with Crippen molar-refractivity contribution in [2.45, 2.75) is 33.1 Å². The van der Waals surface area contributed by atoms with Gasteiger partial charge in [0.2, 0.25) is 0 Å². The number of aryl methyl sites for hydroxylation is 1. The second kappa shape index (κ2) is 7.67. The highest BCUT2D eigenvalue weighted by atomic mass is 16.1. The Morgan fingerprint density at radius 3 is 2.08 bits per heavy atom. The second-order valence-corrected chi connectivity index (χ2v) is 6.96. The van der Waals surface area contributed by atoms with Gasteiger partial charge in [-0.25, -0.2) is 0 Å². The van der Waals surface area contributed by atoms with Crippen molar-refractivity contribution in [1.29, 1.82) is 5.26 Å². The van der Waals surface area contributed by atoms with Gasteiger partial charge in [-0.05, 0) is 42.2 Å². The molecule has 0 bridgehead atoms. The summed E-state index contributed by atoms with van der Waals surface area (Å²) in [4.78, 5) is 12.2. The molecule has 0 fully saturated rings. The van der Waals surface area contributed by atoms with Crippen molar-refractivity contribution in [3.63, 3.8) is 0 Å². The van der Waals surface area contributed by atoms with Crippen LogP contribution in [-0.4, -0.2) is 5.91 Å². The molecule has 0 radical (unpaired) electrons. The number of benzene rings is 2. The van der Waals surface area contributed by atoms with Gasteiger partial charge in [-0.2, -0.15) is 5.26 Å². The highest BCUT2D eigenvalue weighted by molar-refractivity contribution is 6.06. The summed E-state index contributed by atoms with van der Waals surface area (Å²) < 4.78 is 0. The van der Waals surface area contributed by atoms with E-state index in [0.29, 0.717) is 5.69 Å². The lowest BCUT2D eigenvalue weighted by Gasteiger charge is -2.19. The molecule has 0 saturated heterocycles. The van der Waals surface area contributed by atoms with Gasteiger partial charge in [0.15, 0.2) is 0 Å². The van der Waals surface area contributed by atoms with Crippen molar-refractivity contribution in [3.05, 3.63) is 71.4 Å². The normalized spacial score (nSPS) is 11.6. The van der Waals surface area contributed by atoms with E-state index in [2.05, 4.69) is 31.4 Å². The number of nitriles is 1. The van der Waals surface area contributed by atoms with Gasteiger partial charge in [0.25, 0.3) is 5.91 Å². The molecule has 4 nitrogen and oxygen atoms in total. The average molecular weight is 333 g/mol. The molecule has 2 aromatic rings. The van der Waals surface area contributed by atoms with Crippen LogP contribution >= 0.6 is 0 Å². The number of amides is 1. The first kappa shape index (κ1) is 18.3. The average Bonchev–Trinajstić information content (AvgIpc) is 2.57. The highest BCUT2D eigenvalue weighted by Gasteiger charge is 2.13. The number of anilines is 2. The van der Waals surface area contributed by atoms with Gasteiger partial charge in [0.1, 0.15) is 11.6 Å². The standard InChI is InChI=1S/C21H23N3O/c1-15-5-9-19(10-6-15)24-20(25)16(13-22)14-23-18-11-7-17(8-12-18)21(2,3)4/h5-12,14,23H,1-4H3,(H,24,25)/b16-14-. The molecular weight excluding hydrogens is 310 g/mol. The molecule has 25 heavy (non-hydrogen) atoms. The summed E-state index contributed by atoms with van der Waals surface area (Å²) in [7, 11) is 0. The molecule has 4 heteroatoms. The van der Waals surface area contributed by atoms with Crippen molar-refractivity contribution in [2.75, 3.05) is 10.6 Å². The first-order chi connectivity index (χ1) is 11.8. The van der Waals surface area contributed by atoms with Crippen LogP contribution in [0.15, 0.2) is 60.3 Å². The lowest BCUT2D eigenvalue weighted by molar-refractivity contribution is -0.112. The molecule has 1 amide bonds. The third-order valence-corrected chi connectivity index (χ3v) is 3.81. The Labute approximate surface area is 149 Å². The van der Waals surface area contributed by atoms with Crippen LogP contribution in [0.2, 0.25) is 0 Å². The quantitative estimate of drug-likeness (QED) is 0.627. The number of carbonyl (C=O) groups is 1. The van der Waals surface area contributed by atoms with Crippen LogP contribution in [0.3, 0.4) is 0 Å². The van der Waals surface area contributed by atoms with Crippen LogP contribution < -0.4 is 10.6 Å². The fourth-order valence-corrected chi connectivity index (χ4v) is 2.21. The molecule has 0 heterocycles. The van der Waals surface area contributed by atoms with E-state index in [4.69, 9.17) is 0 Å². The van der Waals surface area contributed by atoms with Crippen LogP contribution in [0.25, 0.3) is 0 Å². The largest absolute Gasteiger partial charge is 0.360 e. The van der Waals surface area contributed by atoms with Crippen molar-refractivity contribution >= 4 is 17.3 Å². The van der Waals surface area contributed by atoms with Gasteiger partial charge in [-0.15, -0.1) is 0 Å². The van der Waals surface area contributed by atoms with E-state index in [1.807, 2.05) is 49.4 Å². The number of hydrogen-bond donors (Lipinski definition) is 2. The lowest BCUT2D eigenvalue weighted by atomic mass is 9.87. The van der Waals surface area contributed by atoms with E-state index >= 15 is 0 Å². The van der Waals surface area contributed by atoms with Gasteiger partial charge >= 0.3 is 0 Å². The Hall–Kier alpha value is -3.06. The number of nitrogens with one attached hydrogen (secondary N) is 2. The summed E-state index contributed by atoms with van der Waals surface area (Å²) in [6.07, 6.45) is 1.43. The predicted molar refractivity (Wildman–Crippen MR) is 102 cm³/mol. The Kier molecular flexibility index (Phi) is 5.61. The Morgan fingerprint density at radius 2 is 1.56 bits per heavy atom. The molecule has 0 saturated carbocycles. The van der Waals surface area contributed by atoms with Crippen LogP contribution in [0.1, 0.15) is 31.9 Å². The fraction of sp³-hybridized carbons (Fsp3) is 0.238. The minimum absolute atomic E-state index is 0.0143. The van der Waals surface area contributed by atoms with Crippen LogP contribution in [-0.2, 0) is 10.2 Å². The Morgan fingerprint density at radius 1 is 1.00 bits per heavy atom. The summed E-state index contributed by atoms with van der Waals surface area (Å²) in [6, 6.07) is 17.3. The van der Waals surface area contributed by atoms with Crippen LogP contribution in [0.4, 0.5) is 11.4 Å². The zero-order valence-electron chi connectivity index (χ0n) is 15.1. The molecule has 0 aliphatic carbocycles.